The molecule has 0 unspecified atom stereocenters. The largest absolute Gasteiger partial charge is 0.367 e. The Balaban J connectivity index is 1.31. The van der Waals surface area contributed by atoms with E-state index in [4.69, 9.17) is 0 Å². The third-order valence-corrected chi connectivity index (χ3v) is 5.69. The number of hydrogen-bond acceptors (Lipinski definition) is 3. The Kier molecular flexibility index (Phi) is 6.14. The average molecular weight is 464 g/mol. The van der Waals surface area contributed by atoms with Crippen molar-refractivity contribution in [3.63, 3.8) is 0 Å². The summed E-state index contributed by atoms with van der Waals surface area (Å²) in [4.78, 5) is 26.8. The first-order chi connectivity index (χ1) is 14.6. The molecule has 30 heavy (non-hydrogen) atoms. The van der Waals surface area contributed by atoms with Crippen molar-refractivity contribution in [2.24, 2.45) is 0 Å². The Morgan fingerprint density at radius 2 is 1.60 bits per heavy atom. The lowest BCUT2D eigenvalue weighted by atomic mass is 9.99. The fourth-order valence-corrected chi connectivity index (χ4v) is 3.81. The van der Waals surface area contributed by atoms with Crippen LogP contribution in [0.3, 0.4) is 0 Å². The smallest absolute Gasteiger partial charge is 0.251 e. The quantitative estimate of drug-likeness (QED) is 0.589. The molecular weight excluding hydrogens is 442 g/mol. The topological polar surface area (TPSA) is 61.4 Å². The second kappa shape index (κ2) is 9.13. The molecule has 0 saturated carbocycles. The molecule has 2 amide bonds. The summed E-state index contributed by atoms with van der Waals surface area (Å²) in [6.07, 6.45) is 1.02. The van der Waals surface area contributed by atoms with Crippen LogP contribution in [0.5, 0.6) is 0 Å². The van der Waals surface area contributed by atoms with E-state index in [-0.39, 0.29) is 18.4 Å². The van der Waals surface area contributed by atoms with Gasteiger partial charge in [0, 0.05) is 34.5 Å². The van der Waals surface area contributed by atoms with E-state index >= 15 is 0 Å². The highest BCUT2D eigenvalue weighted by Crippen LogP contribution is 2.24. The summed E-state index contributed by atoms with van der Waals surface area (Å²) in [6.45, 7) is 1.75. The molecule has 5 nitrogen and oxygen atoms in total. The highest BCUT2D eigenvalue weighted by atomic mass is 79.9. The number of nitrogens with zero attached hydrogens (tertiary/aromatic N) is 1. The Bertz CT molecular complexity index is 1050. The molecule has 0 spiro atoms. The maximum Gasteiger partial charge on any atom is 0.251 e. The van der Waals surface area contributed by atoms with Gasteiger partial charge < -0.3 is 15.5 Å². The molecule has 0 aromatic heterocycles. The van der Waals surface area contributed by atoms with E-state index in [1.807, 2.05) is 24.3 Å². The lowest BCUT2D eigenvalue weighted by Crippen LogP contribution is -2.33. The number of fused-ring (bicyclic) bond motifs is 1. The summed E-state index contributed by atoms with van der Waals surface area (Å²) in [5.41, 5.74) is 5.07. The molecular formula is C24H22BrN3O2. The summed E-state index contributed by atoms with van der Waals surface area (Å²) < 4.78 is 0.936. The first kappa shape index (κ1) is 20.2. The standard InChI is InChI=1S/C24H22BrN3O2/c25-20-7-9-21(10-8-20)27-23(29)15-26-24(30)18-5-11-22(12-6-18)28-14-13-17-3-1-2-4-19(17)16-28/h1-12H,13-16H2,(H,26,30)(H,27,29). The number of anilines is 2. The number of benzene rings is 3. The van der Waals surface area contributed by atoms with E-state index in [0.29, 0.717) is 11.3 Å². The van der Waals surface area contributed by atoms with E-state index in [0.717, 1.165) is 29.7 Å². The average Bonchev–Trinajstić information content (AvgIpc) is 2.79. The molecule has 1 heterocycles. The molecule has 0 saturated heterocycles. The zero-order chi connectivity index (χ0) is 20.9. The second-order valence-corrected chi connectivity index (χ2v) is 8.14. The summed E-state index contributed by atoms with van der Waals surface area (Å²) in [5.74, 6) is -0.536. The number of hydrogen-bond donors (Lipinski definition) is 2. The predicted molar refractivity (Wildman–Crippen MR) is 123 cm³/mol. The van der Waals surface area contributed by atoms with Crippen molar-refractivity contribution in [2.75, 3.05) is 23.3 Å². The van der Waals surface area contributed by atoms with Crippen LogP contribution in [0.4, 0.5) is 11.4 Å². The Morgan fingerprint density at radius 3 is 2.33 bits per heavy atom. The summed E-state index contributed by atoms with van der Waals surface area (Å²) in [7, 11) is 0. The van der Waals surface area contributed by atoms with Crippen LogP contribution < -0.4 is 15.5 Å². The number of rotatable bonds is 5. The molecule has 1 aliphatic heterocycles. The summed E-state index contributed by atoms with van der Waals surface area (Å²) in [6, 6.07) is 23.3. The van der Waals surface area contributed by atoms with Gasteiger partial charge in [-0.25, -0.2) is 0 Å². The maximum absolute atomic E-state index is 12.4. The third-order valence-electron chi connectivity index (χ3n) is 5.16. The molecule has 6 heteroatoms. The predicted octanol–water partition coefficient (Wildman–Crippen LogP) is 4.38. The molecule has 152 valence electrons. The van der Waals surface area contributed by atoms with Crippen molar-refractivity contribution in [2.45, 2.75) is 13.0 Å². The van der Waals surface area contributed by atoms with Gasteiger partial charge in [0.15, 0.2) is 0 Å². The van der Waals surface area contributed by atoms with Crippen molar-refractivity contribution in [3.8, 4) is 0 Å². The Morgan fingerprint density at radius 1 is 0.900 bits per heavy atom. The highest BCUT2D eigenvalue weighted by Gasteiger charge is 2.16. The molecule has 1 aliphatic rings. The van der Waals surface area contributed by atoms with Gasteiger partial charge in [0.05, 0.1) is 6.54 Å². The van der Waals surface area contributed by atoms with Gasteiger partial charge in [0.2, 0.25) is 5.91 Å². The summed E-state index contributed by atoms with van der Waals surface area (Å²) in [5, 5.41) is 5.42. The highest BCUT2D eigenvalue weighted by molar-refractivity contribution is 9.10. The lowest BCUT2D eigenvalue weighted by Gasteiger charge is -2.30. The lowest BCUT2D eigenvalue weighted by molar-refractivity contribution is -0.115. The number of nitrogens with one attached hydrogen (secondary N) is 2. The van der Waals surface area contributed by atoms with Gasteiger partial charge in [0.25, 0.3) is 5.91 Å². The van der Waals surface area contributed by atoms with Crippen LogP contribution in [0, 0.1) is 0 Å². The zero-order valence-corrected chi connectivity index (χ0v) is 18.0. The molecule has 0 bridgehead atoms. The minimum Gasteiger partial charge on any atom is -0.367 e. The first-order valence-electron chi connectivity index (χ1n) is 9.84. The van der Waals surface area contributed by atoms with Gasteiger partial charge in [-0.2, -0.15) is 0 Å². The molecule has 0 radical (unpaired) electrons. The number of amides is 2. The van der Waals surface area contributed by atoms with Crippen molar-refractivity contribution in [3.05, 3.63) is 94.0 Å². The van der Waals surface area contributed by atoms with Crippen LogP contribution in [0.15, 0.2) is 77.3 Å². The van der Waals surface area contributed by atoms with E-state index in [9.17, 15) is 9.59 Å². The molecule has 0 aliphatic carbocycles. The van der Waals surface area contributed by atoms with Crippen LogP contribution in [0.2, 0.25) is 0 Å². The molecule has 0 atom stereocenters. The van der Waals surface area contributed by atoms with E-state index in [1.165, 1.54) is 11.1 Å². The number of carbonyl (C=O) groups excluding carboxylic acids is 2. The minimum absolute atomic E-state index is 0.0838. The Hall–Kier alpha value is -3.12. The van der Waals surface area contributed by atoms with Gasteiger partial charge in [-0.1, -0.05) is 40.2 Å². The van der Waals surface area contributed by atoms with Crippen molar-refractivity contribution >= 4 is 39.1 Å². The molecule has 3 aromatic carbocycles. The van der Waals surface area contributed by atoms with Crippen LogP contribution >= 0.6 is 15.9 Å². The SMILES string of the molecule is O=C(CNC(=O)c1ccc(N2CCc3ccccc3C2)cc1)Nc1ccc(Br)cc1. The first-order valence-corrected chi connectivity index (χ1v) is 10.6. The van der Waals surface area contributed by atoms with Gasteiger partial charge in [0.1, 0.15) is 0 Å². The van der Waals surface area contributed by atoms with Crippen molar-refractivity contribution in [1.29, 1.82) is 0 Å². The van der Waals surface area contributed by atoms with Crippen molar-refractivity contribution < 1.29 is 9.59 Å². The number of carbonyl (C=O) groups is 2. The molecule has 0 fully saturated rings. The van der Waals surface area contributed by atoms with Crippen molar-refractivity contribution in [1.82, 2.24) is 5.32 Å². The fraction of sp³-hybridized carbons (Fsp3) is 0.167. The van der Waals surface area contributed by atoms with E-state index in [2.05, 4.69) is 55.7 Å². The maximum atomic E-state index is 12.4. The van der Waals surface area contributed by atoms with Gasteiger partial charge >= 0.3 is 0 Å². The zero-order valence-electron chi connectivity index (χ0n) is 16.4. The monoisotopic (exact) mass is 463 g/mol. The van der Waals surface area contributed by atoms with Crippen LogP contribution in [0.25, 0.3) is 0 Å². The van der Waals surface area contributed by atoms with Crippen LogP contribution in [-0.2, 0) is 17.8 Å². The fourth-order valence-electron chi connectivity index (χ4n) is 3.54. The normalized spacial score (nSPS) is 12.8. The molecule has 3 aromatic rings. The minimum atomic E-state index is -0.269. The number of halogens is 1. The van der Waals surface area contributed by atoms with Gasteiger partial charge in [-0.15, -0.1) is 0 Å². The Labute approximate surface area is 184 Å². The molecule has 4 rings (SSSR count). The third kappa shape index (κ3) is 4.89. The van der Waals surface area contributed by atoms with Crippen LogP contribution in [-0.4, -0.2) is 24.9 Å². The molecule has 2 N–H and O–H groups in total. The second-order valence-electron chi connectivity index (χ2n) is 7.22. The van der Waals surface area contributed by atoms with Crippen LogP contribution in [0.1, 0.15) is 21.5 Å². The van der Waals surface area contributed by atoms with Gasteiger partial charge in [-0.05, 0) is 66.1 Å². The van der Waals surface area contributed by atoms with E-state index in [1.54, 1.807) is 24.3 Å². The van der Waals surface area contributed by atoms with Gasteiger partial charge in [-0.3, -0.25) is 9.59 Å². The van der Waals surface area contributed by atoms with E-state index < -0.39 is 0 Å². The summed E-state index contributed by atoms with van der Waals surface area (Å²) >= 11 is 3.35.